The standard InChI is InChI=1S/C14H19ClFN3/c15-12-4-1-10(16)7-13(12)18-14(8-17)5-6-19(9-14)11-2-3-11/h1,4,7,11,18H,2-3,5-6,8-9,17H2. The summed E-state index contributed by atoms with van der Waals surface area (Å²) >= 11 is 6.12. The maximum absolute atomic E-state index is 13.3. The number of nitrogens with two attached hydrogens (primary N) is 1. The highest BCUT2D eigenvalue weighted by Crippen LogP contribution is 2.36. The summed E-state index contributed by atoms with van der Waals surface area (Å²) in [5.41, 5.74) is 6.42. The molecular weight excluding hydrogens is 265 g/mol. The monoisotopic (exact) mass is 283 g/mol. The Morgan fingerprint density at radius 2 is 2.26 bits per heavy atom. The lowest BCUT2D eigenvalue weighted by molar-refractivity contribution is 0.309. The Morgan fingerprint density at radius 3 is 2.95 bits per heavy atom. The van der Waals surface area contributed by atoms with E-state index in [1.165, 1.54) is 25.0 Å². The smallest absolute Gasteiger partial charge is 0.125 e. The van der Waals surface area contributed by atoms with Gasteiger partial charge in [-0.25, -0.2) is 4.39 Å². The van der Waals surface area contributed by atoms with Crippen LogP contribution in [0.3, 0.4) is 0 Å². The first kappa shape index (κ1) is 13.2. The molecule has 1 aliphatic carbocycles. The van der Waals surface area contributed by atoms with Crippen molar-refractivity contribution in [2.45, 2.75) is 30.8 Å². The summed E-state index contributed by atoms with van der Waals surface area (Å²) in [4.78, 5) is 2.48. The molecule has 1 aromatic rings. The molecule has 104 valence electrons. The first-order valence-electron chi connectivity index (χ1n) is 6.79. The maximum Gasteiger partial charge on any atom is 0.125 e. The SMILES string of the molecule is NCC1(Nc2cc(F)ccc2Cl)CCN(C2CC2)C1. The van der Waals surface area contributed by atoms with Crippen LogP contribution in [-0.2, 0) is 0 Å². The molecule has 19 heavy (non-hydrogen) atoms. The van der Waals surface area contributed by atoms with Gasteiger partial charge in [-0.2, -0.15) is 0 Å². The van der Waals surface area contributed by atoms with E-state index in [0.717, 1.165) is 25.6 Å². The first-order chi connectivity index (χ1) is 9.12. The van der Waals surface area contributed by atoms with Gasteiger partial charge in [-0.3, -0.25) is 4.90 Å². The number of likely N-dealkylation sites (tertiary alicyclic amines) is 1. The van der Waals surface area contributed by atoms with Gasteiger partial charge in [0.1, 0.15) is 5.82 Å². The van der Waals surface area contributed by atoms with Crippen molar-refractivity contribution < 1.29 is 4.39 Å². The number of hydrogen-bond acceptors (Lipinski definition) is 3. The summed E-state index contributed by atoms with van der Waals surface area (Å²) in [5, 5.41) is 3.93. The van der Waals surface area contributed by atoms with Crippen molar-refractivity contribution in [2.24, 2.45) is 5.73 Å². The van der Waals surface area contributed by atoms with Gasteiger partial charge in [-0.15, -0.1) is 0 Å². The van der Waals surface area contributed by atoms with Crippen LogP contribution in [0, 0.1) is 5.82 Å². The van der Waals surface area contributed by atoms with Crippen LogP contribution in [0.1, 0.15) is 19.3 Å². The third-order valence-corrected chi connectivity index (χ3v) is 4.50. The predicted molar refractivity (Wildman–Crippen MR) is 76.0 cm³/mol. The molecule has 3 rings (SSSR count). The maximum atomic E-state index is 13.3. The van der Waals surface area contributed by atoms with E-state index >= 15 is 0 Å². The Hall–Kier alpha value is -0.840. The van der Waals surface area contributed by atoms with Crippen LogP contribution in [-0.4, -0.2) is 36.1 Å². The van der Waals surface area contributed by atoms with E-state index in [1.54, 1.807) is 6.07 Å². The largest absolute Gasteiger partial charge is 0.376 e. The molecule has 1 aromatic carbocycles. The summed E-state index contributed by atoms with van der Waals surface area (Å²) in [6.45, 7) is 2.51. The molecule has 1 saturated carbocycles. The van der Waals surface area contributed by atoms with Gasteiger partial charge < -0.3 is 11.1 Å². The van der Waals surface area contributed by atoms with E-state index in [4.69, 9.17) is 17.3 Å². The van der Waals surface area contributed by atoms with Crippen molar-refractivity contribution in [3.05, 3.63) is 29.0 Å². The predicted octanol–water partition coefficient (Wildman–Crippen LogP) is 2.46. The first-order valence-corrected chi connectivity index (χ1v) is 7.17. The Morgan fingerprint density at radius 1 is 1.47 bits per heavy atom. The molecule has 1 heterocycles. The molecule has 0 spiro atoms. The van der Waals surface area contributed by atoms with E-state index in [-0.39, 0.29) is 11.4 Å². The molecule has 1 aliphatic heterocycles. The molecule has 1 unspecified atom stereocenters. The lowest BCUT2D eigenvalue weighted by atomic mass is 9.98. The van der Waals surface area contributed by atoms with E-state index in [2.05, 4.69) is 10.2 Å². The van der Waals surface area contributed by atoms with Crippen molar-refractivity contribution in [2.75, 3.05) is 25.0 Å². The highest BCUT2D eigenvalue weighted by Gasteiger charge is 2.42. The fraction of sp³-hybridized carbons (Fsp3) is 0.571. The summed E-state index contributed by atoms with van der Waals surface area (Å²) in [6, 6.07) is 5.13. The number of nitrogens with zero attached hydrogens (tertiary/aromatic N) is 1. The molecule has 2 fully saturated rings. The van der Waals surface area contributed by atoms with Crippen molar-refractivity contribution in [1.29, 1.82) is 0 Å². The van der Waals surface area contributed by atoms with Gasteiger partial charge in [0.25, 0.3) is 0 Å². The van der Waals surface area contributed by atoms with Gasteiger partial charge >= 0.3 is 0 Å². The fourth-order valence-electron chi connectivity index (χ4n) is 2.85. The summed E-state index contributed by atoms with van der Waals surface area (Å²) < 4.78 is 13.3. The second kappa shape index (κ2) is 4.93. The minimum atomic E-state index is -0.281. The summed E-state index contributed by atoms with van der Waals surface area (Å²) in [7, 11) is 0. The van der Waals surface area contributed by atoms with Crippen LogP contribution in [0.15, 0.2) is 18.2 Å². The van der Waals surface area contributed by atoms with Crippen molar-refractivity contribution in [3.8, 4) is 0 Å². The minimum Gasteiger partial charge on any atom is -0.376 e. The van der Waals surface area contributed by atoms with Crippen LogP contribution < -0.4 is 11.1 Å². The lowest BCUT2D eigenvalue weighted by Gasteiger charge is -2.31. The zero-order valence-electron chi connectivity index (χ0n) is 10.8. The zero-order chi connectivity index (χ0) is 13.5. The van der Waals surface area contributed by atoms with E-state index in [0.29, 0.717) is 17.3 Å². The molecule has 0 aromatic heterocycles. The molecular formula is C14H19ClFN3. The van der Waals surface area contributed by atoms with E-state index in [1.807, 2.05) is 0 Å². The Balaban J connectivity index is 1.77. The molecule has 5 heteroatoms. The lowest BCUT2D eigenvalue weighted by Crippen LogP contribution is -2.48. The molecule has 1 saturated heterocycles. The van der Waals surface area contributed by atoms with Crippen LogP contribution in [0.2, 0.25) is 5.02 Å². The number of halogens is 2. The van der Waals surface area contributed by atoms with Gasteiger partial charge in [-0.05, 0) is 37.5 Å². The van der Waals surface area contributed by atoms with Crippen LogP contribution in [0.5, 0.6) is 0 Å². The highest BCUT2D eigenvalue weighted by atomic mass is 35.5. The number of hydrogen-bond donors (Lipinski definition) is 2. The van der Waals surface area contributed by atoms with Gasteiger partial charge in [-0.1, -0.05) is 11.6 Å². The topological polar surface area (TPSA) is 41.3 Å². The molecule has 1 atom stereocenters. The normalized spacial score (nSPS) is 27.7. The van der Waals surface area contributed by atoms with Crippen molar-refractivity contribution in [1.82, 2.24) is 4.90 Å². The van der Waals surface area contributed by atoms with Crippen LogP contribution >= 0.6 is 11.6 Å². The number of anilines is 1. The number of nitrogens with one attached hydrogen (secondary N) is 1. The molecule has 3 nitrogen and oxygen atoms in total. The zero-order valence-corrected chi connectivity index (χ0v) is 11.6. The van der Waals surface area contributed by atoms with Crippen LogP contribution in [0.25, 0.3) is 0 Å². The highest BCUT2D eigenvalue weighted by molar-refractivity contribution is 6.33. The third kappa shape index (κ3) is 2.71. The molecule has 0 radical (unpaired) electrons. The minimum absolute atomic E-state index is 0.181. The molecule has 0 amide bonds. The number of rotatable bonds is 4. The molecule has 2 aliphatic rings. The molecule has 0 bridgehead atoms. The number of benzene rings is 1. The van der Waals surface area contributed by atoms with Gasteiger partial charge in [0.15, 0.2) is 0 Å². The van der Waals surface area contributed by atoms with Gasteiger partial charge in [0.05, 0.1) is 16.2 Å². The second-order valence-corrected chi connectivity index (χ2v) is 6.09. The molecule has 3 N–H and O–H groups in total. The Kier molecular flexibility index (Phi) is 3.41. The van der Waals surface area contributed by atoms with Gasteiger partial charge in [0.2, 0.25) is 0 Å². The van der Waals surface area contributed by atoms with E-state index in [9.17, 15) is 4.39 Å². The summed E-state index contributed by atoms with van der Waals surface area (Å²) in [5.74, 6) is -0.281. The quantitative estimate of drug-likeness (QED) is 0.892. The Labute approximate surface area is 117 Å². The van der Waals surface area contributed by atoms with Crippen LogP contribution in [0.4, 0.5) is 10.1 Å². The summed E-state index contributed by atoms with van der Waals surface area (Å²) in [6.07, 6.45) is 3.57. The second-order valence-electron chi connectivity index (χ2n) is 5.69. The third-order valence-electron chi connectivity index (χ3n) is 4.17. The van der Waals surface area contributed by atoms with Gasteiger partial charge in [0, 0.05) is 25.7 Å². The van der Waals surface area contributed by atoms with Crippen molar-refractivity contribution in [3.63, 3.8) is 0 Å². The average molecular weight is 284 g/mol. The van der Waals surface area contributed by atoms with E-state index < -0.39 is 0 Å². The van der Waals surface area contributed by atoms with Crippen molar-refractivity contribution >= 4 is 17.3 Å². The Bertz CT molecular complexity index is 478. The average Bonchev–Trinajstić information content (AvgIpc) is 3.16. The fourth-order valence-corrected chi connectivity index (χ4v) is 3.02.